The van der Waals surface area contributed by atoms with Gasteiger partial charge in [-0.3, -0.25) is 14.7 Å². The second kappa shape index (κ2) is 8.49. The van der Waals surface area contributed by atoms with Crippen molar-refractivity contribution in [3.8, 4) is 12.3 Å². The molecule has 0 aliphatic carbocycles. The van der Waals surface area contributed by atoms with Gasteiger partial charge in [0.2, 0.25) is 5.95 Å². The summed E-state index contributed by atoms with van der Waals surface area (Å²) in [6.07, 6.45) is 6.16. The first kappa shape index (κ1) is 19.7. The fraction of sp³-hybridized carbons (Fsp3) is 0.308. The molecule has 1 aromatic heterocycles. The van der Waals surface area contributed by atoms with E-state index in [1.807, 2.05) is 0 Å². The lowest BCUT2D eigenvalue weighted by atomic mass is 10.2. The second-order valence-electron chi connectivity index (χ2n) is 4.44. The van der Waals surface area contributed by atoms with E-state index in [2.05, 4.69) is 48.1 Å². The highest BCUT2D eigenvalue weighted by Gasteiger charge is 2.25. The van der Waals surface area contributed by atoms with E-state index in [1.54, 1.807) is 10.6 Å². The van der Waals surface area contributed by atoms with Crippen molar-refractivity contribution in [2.45, 2.75) is 13.0 Å². The number of anilines is 1. The SMILES string of the molecule is C#CCn1c(NCCCN)nc2c([N+](=O)[O-])c(Br)c(Br)cc21.Cl. The molecule has 0 atom stereocenters. The van der Waals surface area contributed by atoms with E-state index in [9.17, 15) is 10.1 Å². The molecule has 0 amide bonds. The number of nitro groups is 1. The molecule has 1 aromatic carbocycles. The number of nitrogens with one attached hydrogen (secondary N) is 1. The normalized spacial score (nSPS) is 10.2. The third-order valence-electron chi connectivity index (χ3n) is 3.01. The monoisotopic (exact) mass is 465 g/mol. The van der Waals surface area contributed by atoms with Crippen LogP contribution in [-0.4, -0.2) is 27.6 Å². The van der Waals surface area contributed by atoms with Crippen molar-refractivity contribution in [1.82, 2.24) is 9.55 Å². The third-order valence-corrected chi connectivity index (χ3v) is 4.97. The van der Waals surface area contributed by atoms with Crippen LogP contribution in [0.25, 0.3) is 11.0 Å². The minimum Gasteiger partial charge on any atom is -0.356 e. The summed E-state index contributed by atoms with van der Waals surface area (Å²) in [6.45, 7) is 1.41. The maximum absolute atomic E-state index is 11.4. The number of aromatic nitrogens is 2. The van der Waals surface area contributed by atoms with Crippen molar-refractivity contribution in [3.63, 3.8) is 0 Å². The zero-order chi connectivity index (χ0) is 16.3. The minimum absolute atomic E-state index is 0. The number of halogens is 3. The number of terminal acetylenes is 1. The van der Waals surface area contributed by atoms with Gasteiger partial charge in [-0.1, -0.05) is 5.92 Å². The maximum Gasteiger partial charge on any atom is 0.312 e. The molecule has 3 N–H and O–H groups in total. The summed E-state index contributed by atoms with van der Waals surface area (Å²) in [7, 11) is 0. The first-order valence-electron chi connectivity index (χ1n) is 6.41. The molecule has 2 aromatic rings. The van der Waals surface area contributed by atoms with Gasteiger partial charge < -0.3 is 11.1 Å². The van der Waals surface area contributed by atoms with E-state index in [0.717, 1.165) is 6.42 Å². The molecular weight excluding hydrogens is 453 g/mol. The number of rotatable bonds is 6. The lowest BCUT2D eigenvalue weighted by Crippen LogP contribution is -2.12. The number of hydrogen-bond acceptors (Lipinski definition) is 5. The number of hydrogen-bond donors (Lipinski definition) is 2. The number of nitrogens with zero attached hydrogens (tertiary/aromatic N) is 3. The summed E-state index contributed by atoms with van der Waals surface area (Å²) in [4.78, 5) is 15.2. The van der Waals surface area contributed by atoms with Gasteiger partial charge >= 0.3 is 5.69 Å². The van der Waals surface area contributed by atoms with Gasteiger partial charge in [0.15, 0.2) is 5.52 Å². The molecule has 2 rings (SSSR count). The molecule has 0 bridgehead atoms. The van der Waals surface area contributed by atoms with E-state index in [4.69, 9.17) is 12.2 Å². The van der Waals surface area contributed by atoms with Crippen molar-refractivity contribution >= 4 is 66.9 Å². The van der Waals surface area contributed by atoms with E-state index in [-0.39, 0.29) is 30.2 Å². The summed E-state index contributed by atoms with van der Waals surface area (Å²) >= 11 is 6.54. The van der Waals surface area contributed by atoms with E-state index in [0.29, 0.717) is 33.5 Å². The Morgan fingerprint density at radius 1 is 1.52 bits per heavy atom. The molecule has 124 valence electrons. The number of benzene rings is 1. The number of nitrogens with two attached hydrogens (primary N) is 1. The van der Waals surface area contributed by atoms with Crippen LogP contribution in [0.4, 0.5) is 11.6 Å². The Morgan fingerprint density at radius 2 is 2.22 bits per heavy atom. The average Bonchev–Trinajstić information content (AvgIpc) is 2.78. The van der Waals surface area contributed by atoms with Gasteiger partial charge in [-0.15, -0.1) is 18.8 Å². The molecule has 0 aliphatic rings. The second-order valence-corrected chi connectivity index (χ2v) is 6.09. The van der Waals surface area contributed by atoms with Gasteiger partial charge in [0.1, 0.15) is 4.47 Å². The van der Waals surface area contributed by atoms with Gasteiger partial charge in [0, 0.05) is 11.0 Å². The standard InChI is InChI=1S/C13H13Br2N5O2.ClH/c1-2-6-19-9-7-8(14)10(15)12(20(21)22)11(9)18-13(19)17-5-3-4-16;/h1,7H,3-6,16H2,(H,17,18);1H. The van der Waals surface area contributed by atoms with Crippen molar-refractivity contribution in [1.29, 1.82) is 0 Å². The molecule has 0 fully saturated rings. The van der Waals surface area contributed by atoms with Crippen molar-refractivity contribution in [2.24, 2.45) is 5.73 Å². The van der Waals surface area contributed by atoms with Crippen LogP contribution >= 0.6 is 44.3 Å². The fourth-order valence-corrected chi connectivity index (χ4v) is 2.89. The predicted molar refractivity (Wildman–Crippen MR) is 100 cm³/mol. The van der Waals surface area contributed by atoms with Crippen LogP contribution in [-0.2, 0) is 6.54 Å². The van der Waals surface area contributed by atoms with Crippen LogP contribution in [0.5, 0.6) is 0 Å². The number of nitro benzene ring substituents is 1. The quantitative estimate of drug-likeness (QED) is 0.294. The van der Waals surface area contributed by atoms with Crippen LogP contribution in [0.2, 0.25) is 0 Å². The van der Waals surface area contributed by atoms with E-state index >= 15 is 0 Å². The summed E-state index contributed by atoms with van der Waals surface area (Å²) < 4.78 is 2.65. The largest absolute Gasteiger partial charge is 0.356 e. The molecule has 0 spiro atoms. The topological polar surface area (TPSA) is 99.0 Å². The molecule has 0 aliphatic heterocycles. The minimum atomic E-state index is -0.464. The Morgan fingerprint density at radius 3 is 2.78 bits per heavy atom. The van der Waals surface area contributed by atoms with Crippen LogP contribution in [0.3, 0.4) is 0 Å². The predicted octanol–water partition coefficient (Wildman–Crippen LogP) is 3.29. The molecule has 0 saturated heterocycles. The van der Waals surface area contributed by atoms with Gasteiger partial charge in [-0.25, -0.2) is 4.98 Å². The van der Waals surface area contributed by atoms with Crippen LogP contribution < -0.4 is 11.1 Å². The Bertz CT molecular complexity index is 772. The summed E-state index contributed by atoms with van der Waals surface area (Å²) in [5.74, 6) is 3.03. The van der Waals surface area contributed by atoms with Crippen LogP contribution in [0.15, 0.2) is 15.0 Å². The molecule has 0 unspecified atom stereocenters. The van der Waals surface area contributed by atoms with Crippen LogP contribution in [0.1, 0.15) is 6.42 Å². The Hall–Kier alpha value is -1.34. The molecular formula is C13H14Br2ClN5O2. The van der Waals surface area contributed by atoms with Crippen molar-refractivity contribution < 1.29 is 4.92 Å². The lowest BCUT2D eigenvalue weighted by molar-refractivity contribution is -0.384. The Balaban J connectivity index is 0.00000264. The third kappa shape index (κ3) is 3.95. The van der Waals surface area contributed by atoms with Crippen LogP contribution in [0, 0.1) is 22.5 Å². The van der Waals surface area contributed by atoms with Gasteiger partial charge in [0.25, 0.3) is 0 Å². The Labute approximate surface area is 155 Å². The van der Waals surface area contributed by atoms with Gasteiger partial charge in [0.05, 0.1) is 17.0 Å². The van der Waals surface area contributed by atoms with Gasteiger partial charge in [-0.2, -0.15) is 0 Å². The first-order valence-corrected chi connectivity index (χ1v) is 7.99. The smallest absolute Gasteiger partial charge is 0.312 e. The molecule has 23 heavy (non-hydrogen) atoms. The van der Waals surface area contributed by atoms with E-state index in [1.165, 1.54) is 0 Å². The zero-order valence-corrected chi connectivity index (χ0v) is 15.9. The summed E-state index contributed by atoms with van der Waals surface area (Å²) in [5, 5.41) is 14.5. The highest BCUT2D eigenvalue weighted by Crippen LogP contribution is 2.39. The maximum atomic E-state index is 11.4. The highest BCUT2D eigenvalue weighted by molar-refractivity contribution is 9.13. The highest BCUT2D eigenvalue weighted by atomic mass is 79.9. The van der Waals surface area contributed by atoms with E-state index < -0.39 is 4.92 Å². The lowest BCUT2D eigenvalue weighted by Gasteiger charge is -2.07. The fourth-order valence-electron chi connectivity index (χ4n) is 2.04. The first-order chi connectivity index (χ1) is 10.5. The Kier molecular flexibility index (Phi) is 7.28. The molecule has 10 heteroatoms. The molecule has 0 saturated carbocycles. The molecule has 1 heterocycles. The summed E-state index contributed by atoms with van der Waals surface area (Å²) in [6, 6.07) is 1.75. The number of fused-ring (bicyclic) bond motifs is 1. The number of imidazole rings is 1. The molecule has 0 radical (unpaired) electrons. The molecule has 7 nitrogen and oxygen atoms in total. The average molecular weight is 468 g/mol. The van der Waals surface area contributed by atoms with Crippen molar-refractivity contribution in [2.75, 3.05) is 18.4 Å². The van der Waals surface area contributed by atoms with Gasteiger partial charge in [-0.05, 0) is 50.9 Å². The van der Waals surface area contributed by atoms with Crippen molar-refractivity contribution in [3.05, 3.63) is 25.1 Å². The zero-order valence-electron chi connectivity index (χ0n) is 11.9. The summed E-state index contributed by atoms with van der Waals surface area (Å²) in [5.41, 5.74) is 6.25.